The second kappa shape index (κ2) is 7.12. The Kier molecular flexibility index (Phi) is 4.33. The van der Waals surface area contributed by atoms with Crippen LogP contribution in [-0.4, -0.2) is 39.2 Å². The van der Waals surface area contributed by atoms with E-state index in [0.717, 1.165) is 56.0 Å². The number of benzene rings is 1. The van der Waals surface area contributed by atoms with Gasteiger partial charge < -0.3 is 9.26 Å². The SMILES string of the molecule is c1ccc(-c2nc(C3CC3)no2)c(OC2CCN(Cc3ccncc3)C2)c1. The number of likely N-dealkylation sites (tertiary alicyclic amines) is 1. The van der Waals surface area contributed by atoms with E-state index in [1.807, 2.05) is 36.7 Å². The molecule has 6 nitrogen and oxygen atoms in total. The van der Waals surface area contributed by atoms with E-state index in [2.05, 4.69) is 32.2 Å². The first kappa shape index (κ1) is 16.4. The van der Waals surface area contributed by atoms with E-state index in [1.54, 1.807) is 0 Å². The average Bonchev–Trinajstić information content (AvgIpc) is 3.27. The molecule has 1 aliphatic heterocycles. The molecule has 0 bridgehead atoms. The predicted molar refractivity (Wildman–Crippen MR) is 100 cm³/mol. The van der Waals surface area contributed by atoms with Crippen LogP contribution in [0.25, 0.3) is 11.5 Å². The molecule has 1 aromatic carbocycles. The monoisotopic (exact) mass is 362 g/mol. The molecule has 1 aliphatic carbocycles. The molecular formula is C21H22N4O2. The van der Waals surface area contributed by atoms with Crippen LogP contribution >= 0.6 is 0 Å². The number of aromatic nitrogens is 3. The highest BCUT2D eigenvalue weighted by Gasteiger charge is 2.30. The van der Waals surface area contributed by atoms with Gasteiger partial charge in [-0.05, 0) is 49.1 Å². The lowest BCUT2D eigenvalue weighted by molar-refractivity contribution is 0.198. The molecule has 138 valence electrons. The van der Waals surface area contributed by atoms with Crippen LogP contribution in [0.2, 0.25) is 0 Å². The zero-order valence-corrected chi connectivity index (χ0v) is 15.1. The van der Waals surface area contributed by atoms with Crippen molar-refractivity contribution < 1.29 is 9.26 Å². The van der Waals surface area contributed by atoms with Crippen molar-refractivity contribution in [2.45, 2.75) is 37.8 Å². The fraction of sp³-hybridized carbons (Fsp3) is 0.381. The molecule has 1 atom stereocenters. The molecule has 0 amide bonds. The lowest BCUT2D eigenvalue weighted by Crippen LogP contribution is -2.24. The van der Waals surface area contributed by atoms with Gasteiger partial charge in [0.1, 0.15) is 11.9 Å². The standard InChI is InChI=1S/C21H22N4O2/c1-2-4-19(18(3-1)21-23-20(24-27-21)16-5-6-16)26-17-9-12-25(14-17)13-15-7-10-22-11-8-15/h1-4,7-8,10-11,16-17H,5-6,9,12-14H2. The Morgan fingerprint density at radius 2 is 1.93 bits per heavy atom. The van der Waals surface area contributed by atoms with Crippen LogP contribution < -0.4 is 4.74 Å². The van der Waals surface area contributed by atoms with E-state index in [-0.39, 0.29) is 6.10 Å². The van der Waals surface area contributed by atoms with Gasteiger partial charge in [-0.15, -0.1) is 0 Å². The molecule has 0 spiro atoms. The van der Waals surface area contributed by atoms with Crippen molar-refractivity contribution >= 4 is 0 Å². The summed E-state index contributed by atoms with van der Waals surface area (Å²) in [6.07, 6.45) is 7.18. The van der Waals surface area contributed by atoms with Crippen LogP contribution in [0.5, 0.6) is 5.75 Å². The van der Waals surface area contributed by atoms with Gasteiger partial charge in [0.2, 0.25) is 0 Å². The van der Waals surface area contributed by atoms with Gasteiger partial charge in [-0.25, -0.2) is 0 Å². The van der Waals surface area contributed by atoms with Crippen LogP contribution in [0, 0.1) is 0 Å². The highest BCUT2D eigenvalue weighted by atomic mass is 16.5. The van der Waals surface area contributed by atoms with Crippen molar-refractivity contribution in [2.24, 2.45) is 0 Å². The smallest absolute Gasteiger partial charge is 0.261 e. The minimum atomic E-state index is 0.166. The zero-order chi connectivity index (χ0) is 18.1. The molecule has 1 saturated carbocycles. The number of para-hydroxylation sites is 1. The summed E-state index contributed by atoms with van der Waals surface area (Å²) in [5.41, 5.74) is 2.16. The van der Waals surface area contributed by atoms with Crippen LogP contribution in [0.15, 0.2) is 53.3 Å². The molecule has 6 heteroatoms. The number of hydrogen-bond acceptors (Lipinski definition) is 6. The molecule has 0 N–H and O–H groups in total. The van der Waals surface area contributed by atoms with Gasteiger partial charge in [-0.3, -0.25) is 9.88 Å². The number of nitrogens with zero attached hydrogens (tertiary/aromatic N) is 4. The lowest BCUT2D eigenvalue weighted by atomic mass is 10.2. The number of rotatable bonds is 6. The highest BCUT2D eigenvalue weighted by Crippen LogP contribution is 2.39. The van der Waals surface area contributed by atoms with Crippen molar-refractivity contribution in [1.29, 1.82) is 0 Å². The van der Waals surface area contributed by atoms with E-state index in [0.29, 0.717) is 11.8 Å². The van der Waals surface area contributed by atoms with Crippen LogP contribution in [0.3, 0.4) is 0 Å². The number of pyridine rings is 1. The quantitative estimate of drug-likeness (QED) is 0.667. The fourth-order valence-electron chi connectivity index (χ4n) is 3.56. The Labute approximate surface area is 158 Å². The highest BCUT2D eigenvalue weighted by molar-refractivity contribution is 5.62. The molecule has 27 heavy (non-hydrogen) atoms. The first-order valence-electron chi connectivity index (χ1n) is 9.56. The van der Waals surface area contributed by atoms with Crippen LogP contribution in [0.4, 0.5) is 0 Å². The van der Waals surface area contributed by atoms with Gasteiger partial charge in [-0.1, -0.05) is 17.3 Å². The van der Waals surface area contributed by atoms with Gasteiger partial charge in [0.15, 0.2) is 5.82 Å². The fourth-order valence-corrected chi connectivity index (χ4v) is 3.56. The summed E-state index contributed by atoms with van der Waals surface area (Å²) in [5, 5.41) is 4.13. The van der Waals surface area contributed by atoms with Crippen molar-refractivity contribution in [3.8, 4) is 17.2 Å². The second-order valence-corrected chi connectivity index (χ2v) is 7.35. The van der Waals surface area contributed by atoms with Gasteiger partial charge in [0.05, 0.1) is 5.56 Å². The maximum absolute atomic E-state index is 6.33. The first-order chi connectivity index (χ1) is 13.3. The summed E-state index contributed by atoms with van der Waals surface area (Å²) in [6.45, 7) is 2.87. The Morgan fingerprint density at radius 3 is 2.78 bits per heavy atom. The van der Waals surface area contributed by atoms with Crippen molar-refractivity contribution in [1.82, 2.24) is 20.0 Å². The van der Waals surface area contributed by atoms with E-state index in [1.165, 1.54) is 5.56 Å². The number of ether oxygens (including phenoxy) is 1. The van der Waals surface area contributed by atoms with Gasteiger partial charge in [0, 0.05) is 37.9 Å². The molecule has 1 saturated heterocycles. The van der Waals surface area contributed by atoms with Crippen molar-refractivity contribution in [3.63, 3.8) is 0 Å². The Morgan fingerprint density at radius 1 is 1.07 bits per heavy atom. The molecule has 3 aromatic rings. The largest absolute Gasteiger partial charge is 0.488 e. The van der Waals surface area contributed by atoms with Crippen LogP contribution in [-0.2, 0) is 6.54 Å². The van der Waals surface area contributed by atoms with E-state index >= 15 is 0 Å². The summed E-state index contributed by atoms with van der Waals surface area (Å²) < 4.78 is 11.8. The normalized spacial score (nSPS) is 20.1. The Hall–Kier alpha value is -2.73. The van der Waals surface area contributed by atoms with Crippen LogP contribution in [0.1, 0.15) is 36.6 Å². The minimum Gasteiger partial charge on any atom is -0.488 e. The lowest BCUT2D eigenvalue weighted by Gasteiger charge is -2.17. The summed E-state index contributed by atoms with van der Waals surface area (Å²) in [5.74, 6) is 2.68. The Bertz CT molecular complexity index is 907. The number of hydrogen-bond donors (Lipinski definition) is 0. The molecule has 2 aromatic heterocycles. The summed E-state index contributed by atoms with van der Waals surface area (Å²) in [7, 11) is 0. The van der Waals surface area contributed by atoms with Gasteiger partial charge in [0.25, 0.3) is 5.89 Å². The van der Waals surface area contributed by atoms with Crippen molar-refractivity contribution in [3.05, 3.63) is 60.2 Å². The summed E-state index contributed by atoms with van der Waals surface area (Å²) >= 11 is 0. The molecule has 2 fully saturated rings. The molecule has 5 rings (SSSR count). The second-order valence-electron chi connectivity index (χ2n) is 7.35. The maximum Gasteiger partial charge on any atom is 0.261 e. The molecular weight excluding hydrogens is 340 g/mol. The van der Waals surface area contributed by atoms with E-state index in [9.17, 15) is 0 Å². The summed E-state index contributed by atoms with van der Waals surface area (Å²) in [4.78, 5) is 11.1. The minimum absolute atomic E-state index is 0.166. The average molecular weight is 362 g/mol. The maximum atomic E-state index is 6.33. The first-order valence-corrected chi connectivity index (χ1v) is 9.56. The Balaban J connectivity index is 1.27. The third kappa shape index (κ3) is 3.71. The zero-order valence-electron chi connectivity index (χ0n) is 15.1. The van der Waals surface area contributed by atoms with Gasteiger partial charge in [-0.2, -0.15) is 4.98 Å². The molecule has 2 aliphatic rings. The van der Waals surface area contributed by atoms with E-state index in [4.69, 9.17) is 9.26 Å². The van der Waals surface area contributed by atoms with E-state index < -0.39 is 0 Å². The third-order valence-electron chi connectivity index (χ3n) is 5.18. The van der Waals surface area contributed by atoms with Gasteiger partial charge >= 0.3 is 0 Å². The predicted octanol–water partition coefficient (Wildman–Crippen LogP) is 3.66. The van der Waals surface area contributed by atoms with Crippen molar-refractivity contribution in [2.75, 3.05) is 13.1 Å². The third-order valence-corrected chi connectivity index (χ3v) is 5.18. The molecule has 1 unspecified atom stereocenters. The summed E-state index contributed by atoms with van der Waals surface area (Å²) in [6, 6.07) is 12.1. The molecule has 0 radical (unpaired) electrons. The topological polar surface area (TPSA) is 64.3 Å². The molecule has 3 heterocycles.